The lowest BCUT2D eigenvalue weighted by molar-refractivity contribution is -0.0551. The second-order valence-corrected chi connectivity index (χ2v) is 5.46. The highest BCUT2D eigenvalue weighted by molar-refractivity contribution is 5.96. The molecule has 1 aromatic rings. The van der Waals surface area contributed by atoms with Gasteiger partial charge in [0, 0.05) is 12.1 Å². The average molecular weight is 314 g/mol. The SMILES string of the molecule is CC(C)C(=O)c1cn([C@@H]2O[C@H](CO)[C@@H](O)[C@H]2O)c(=O)[nH]c1=O. The standard InChI is InChI=1S/C13H18N2O7/c1-5(2)8(17)6-3-15(13(21)14-11(6)20)12-10(19)9(18)7(4-16)22-12/h3,5,7,9-10,12,16,18-19H,4H2,1-2H3,(H,14,20,21)/t7-,9-,10-,12-/m1/s1. The van der Waals surface area contributed by atoms with Gasteiger partial charge < -0.3 is 20.1 Å². The van der Waals surface area contributed by atoms with Gasteiger partial charge in [-0.2, -0.15) is 0 Å². The lowest BCUT2D eigenvalue weighted by atomic mass is 10.0. The van der Waals surface area contributed by atoms with Crippen LogP contribution in [0.25, 0.3) is 0 Å². The van der Waals surface area contributed by atoms with Crippen LogP contribution in [0.2, 0.25) is 0 Å². The Bertz CT molecular complexity index is 678. The number of aromatic amines is 1. The Labute approximate surface area is 124 Å². The van der Waals surface area contributed by atoms with Crippen LogP contribution in [-0.2, 0) is 4.74 Å². The molecule has 122 valence electrons. The molecular weight excluding hydrogens is 296 g/mol. The Kier molecular flexibility index (Phi) is 4.61. The molecule has 0 spiro atoms. The molecule has 0 radical (unpaired) electrons. The van der Waals surface area contributed by atoms with Gasteiger partial charge in [0.2, 0.25) is 0 Å². The number of carbonyl (C=O) groups is 1. The lowest BCUT2D eigenvalue weighted by Crippen LogP contribution is -2.40. The zero-order valence-corrected chi connectivity index (χ0v) is 12.1. The van der Waals surface area contributed by atoms with Gasteiger partial charge in [0.15, 0.2) is 12.0 Å². The van der Waals surface area contributed by atoms with Gasteiger partial charge in [0.25, 0.3) is 5.56 Å². The van der Waals surface area contributed by atoms with Crippen LogP contribution in [0, 0.1) is 5.92 Å². The summed E-state index contributed by atoms with van der Waals surface area (Å²) in [5, 5.41) is 28.7. The molecular formula is C13H18N2O7. The van der Waals surface area contributed by atoms with Crippen molar-refractivity contribution in [3.63, 3.8) is 0 Å². The number of Topliss-reactive ketones (excluding diaryl/α,β-unsaturated/α-hetero) is 1. The third-order valence-electron chi connectivity index (χ3n) is 3.55. The van der Waals surface area contributed by atoms with Gasteiger partial charge >= 0.3 is 5.69 Å². The topological polar surface area (TPSA) is 142 Å². The molecule has 2 rings (SSSR count). The minimum Gasteiger partial charge on any atom is -0.394 e. The second kappa shape index (κ2) is 6.13. The summed E-state index contributed by atoms with van der Waals surface area (Å²) in [6, 6.07) is 0. The van der Waals surface area contributed by atoms with Gasteiger partial charge in [-0.05, 0) is 0 Å². The van der Waals surface area contributed by atoms with Crippen LogP contribution in [0.15, 0.2) is 15.8 Å². The van der Waals surface area contributed by atoms with Crippen molar-refractivity contribution in [1.29, 1.82) is 0 Å². The zero-order chi connectivity index (χ0) is 16.6. The maximum Gasteiger partial charge on any atom is 0.330 e. The molecule has 1 aromatic heterocycles. The van der Waals surface area contributed by atoms with Crippen LogP contribution in [0.5, 0.6) is 0 Å². The van der Waals surface area contributed by atoms with Crippen molar-refractivity contribution < 1.29 is 24.9 Å². The zero-order valence-electron chi connectivity index (χ0n) is 12.1. The quantitative estimate of drug-likeness (QED) is 0.470. The Morgan fingerprint density at radius 1 is 1.36 bits per heavy atom. The van der Waals surface area contributed by atoms with E-state index in [1.54, 1.807) is 13.8 Å². The summed E-state index contributed by atoms with van der Waals surface area (Å²) in [6.45, 7) is 2.65. The lowest BCUT2D eigenvalue weighted by Gasteiger charge is -2.18. The van der Waals surface area contributed by atoms with Crippen molar-refractivity contribution in [2.24, 2.45) is 5.92 Å². The number of aromatic nitrogens is 2. The highest BCUT2D eigenvalue weighted by Gasteiger charge is 2.44. The van der Waals surface area contributed by atoms with E-state index in [2.05, 4.69) is 0 Å². The van der Waals surface area contributed by atoms with Gasteiger partial charge in [0.1, 0.15) is 18.3 Å². The van der Waals surface area contributed by atoms with Crippen molar-refractivity contribution in [3.05, 3.63) is 32.6 Å². The predicted octanol–water partition coefficient (Wildman–Crippen LogP) is -2.01. The second-order valence-electron chi connectivity index (χ2n) is 5.46. The predicted molar refractivity (Wildman–Crippen MR) is 73.5 cm³/mol. The molecule has 0 aliphatic carbocycles. The minimum absolute atomic E-state index is 0.243. The summed E-state index contributed by atoms with van der Waals surface area (Å²) in [5.41, 5.74) is -1.96. The van der Waals surface area contributed by atoms with E-state index in [1.807, 2.05) is 4.98 Å². The third kappa shape index (κ3) is 2.75. The number of hydrogen-bond acceptors (Lipinski definition) is 7. The molecule has 1 aliphatic heterocycles. The maximum absolute atomic E-state index is 12.0. The molecule has 1 aliphatic rings. The summed E-state index contributed by atoms with van der Waals surface area (Å²) in [6.07, 6.45) is -4.25. The number of rotatable bonds is 4. The normalized spacial score (nSPS) is 28.3. The summed E-state index contributed by atoms with van der Waals surface area (Å²) in [4.78, 5) is 37.6. The number of ether oxygens (including phenoxy) is 1. The molecule has 4 N–H and O–H groups in total. The summed E-state index contributed by atoms with van der Waals surface area (Å²) in [7, 11) is 0. The molecule has 9 nitrogen and oxygen atoms in total. The Morgan fingerprint density at radius 3 is 2.50 bits per heavy atom. The van der Waals surface area contributed by atoms with Crippen LogP contribution >= 0.6 is 0 Å². The van der Waals surface area contributed by atoms with Crippen molar-refractivity contribution in [2.45, 2.75) is 38.4 Å². The minimum atomic E-state index is -1.48. The Balaban J connectivity index is 2.48. The molecule has 0 amide bonds. The van der Waals surface area contributed by atoms with Crippen molar-refractivity contribution >= 4 is 5.78 Å². The molecule has 0 unspecified atom stereocenters. The number of carbonyl (C=O) groups excluding carboxylic acids is 1. The monoisotopic (exact) mass is 314 g/mol. The summed E-state index contributed by atoms with van der Waals surface area (Å²) >= 11 is 0. The maximum atomic E-state index is 12.0. The van der Waals surface area contributed by atoms with Crippen LogP contribution in [0.1, 0.15) is 30.4 Å². The van der Waals surface area contributed by atoms with E-state index in [1.165, 1.54) is 0 Å². The number of H-pyrrole nitrogens is 1. The largest absolute Gasteiger partial charge is 0.394 e. The fourth-order valence-electron chi connectivity index (χ4n) is 2.27. The van der Waals surface area contributed by atoms with E-state index in [0.717, 1.165) is 10.8 Å². The van der Waals surface area contributed by atoms with E-state index >= 15 is 0 Å². The molecule has 4 atom stereocenters. The Hall–Kier alpha value is -1.81. The van der Waals surface area contributed by atoms with Gasteiger partial charge in [-0.1, -0.05) is 13.8 Å². The first-order valence-electron chi connectivity index (χ1n) is 6.80. The molecule has 0 aromatic carbocycles. The number of nitrogens with zero attached hydrogens (tertiary/aromatic N) is 1. The first kappa shape index (κ1) is 16.6. The van der Waals surface area contributed by atoms with Crippen molar-refractivity contribution in [3.8, 4) is 0 Å². The van der Waals surface area contributed by atoms with Crippen LogP contribution in [-0.4, -0.2) is 55.6 Å². The summed E-state index contributed by atoms with van der Waals surface area (Å²) < 4.78 is 6.05. The highest BCUT2D eigenvalue weighted by atomic mass is 16.6. The highest BCUT2D eigenvalue weighted by Crippen LogP contribution is 2.28. The average Bonchev–Trinajstić information content (AvgIpc) is 2.74. The van der Waals surface area contributed by atoms with Crippen molar-refractivity contribution in [2.75, 3.05) is 6.61 Å². The number of aliphatic hydroxyl groups excluding tert-OH is 3. The number of hydrogen-bond donors (Lipinski definition) is 4. The molecule has 22 heavy (non-hydrogen) atoms. The fourth-order valence-corrected chi connectivity index (χ4v) is 2.27. The van der Waals surface area contributed by atoms with Gasteiger partial charge in [0.05, 0.1) is 12.2 Å². The van der Waals surface area contributed by atoms with E-state index in [-0.39, 0.29) is 5.56 Å². The Morgan fingerprint density at radius 2 is 2.00 bits per heavy atom. The van der Waals surface area contributed by atoms with Crippen LogP contribution in [0.3, 0.4) is 0 Å². The first-order valence-corrected chi connectivity index (χ1v) is 6.80. The van der Waals surface area contributed by atoms with E-state index < -0.39 is 54.1 Å². The molecule has 0 saturated carbocycles. The van der Waals surface area contributed by atoms with Gasteiger partial charge in [-0.25, -0.2) is 4.79 Å². The molecule has 1 fully saturated rings. The van der Waals surface area contributed by atoms with Gasteiger partial charge in [-0.3, -0.25) is 19.1 Å². The molecule has 1 saturated heterocycles. The van der Waals surface area contributed by atoms with E-state index in [0.29, 0.717) is 0 Å². The molecule has 9 heteroatoms. The smallest absolute Gasteiger partial charge is 0.330 e. The van der Waals surface area contributed by atoms with Gasteiger partial charge in [-0.15, -0.1) is 0 Å². The number of aliphatic hydroxyl groups is 3. The van der Waals surface area contributed by atoms with Crippen molar-refractivity contribution in [1.82, 2.24) is 9.55 Å². The number of ketones is 1. The van der Waals surface area contributed by atoms with Crippen LogP contribution in [0.4, 0.5) is 0 Å². The molecule has 0 bridgehead atoms. The molecule has 2 heterocycles. The summed E-state index contributed by atoms with van der Waals surface area (Å²) in [5.74, 6) is -0.931. The third-order valence-corrected chi connectivity index (χ3v) is 3.55. The first-order chi connectivity index (χ1) is 10.3. The fraction of sp³-hybridized carbons (Fsp3) is 0.615. The van der Waals surface area contributed by atoms with E-state index in [9.17, 15) is 24.6 Å². The van der Waals surface area contributed by atoms with Crippen LogP contribution < -0.4 is 11.2 Å². The number of nitrogens with one attached hydrogen (secondary N) is 1. The van der Waals surface area contributed by atoms with E-state index in [4.69, 9.17) is 9.84 Å².